The molecule has 0 spiro atoms. The van der Waals surface area contributed by atoms with Crippen molar-refractivity contribution in [2.45, 2.75) is 136 Å². The Morgan fingerprint density at radius 3 is 1.76 bits per heavy atom. The van der Waals surface area contributed by atoms with Crippen molar-refractivity contribution in [1.82, 2.24) is 0 Å². The highest BCUT2D eigenvalue weighted by Gasteiger charge is 2.50. The highest BCUT2D eigenvalue weighted by Crippen LogP contribution is 2.48. The molecule has 5 aliphatic heterocycles. The fraction of sp³-hybridized carbons (Fsp3) is 0.521. The molecular weight excluding hydrogens is 1020 g/mol. The number of aromatic hydroxyl groups is 4. The predicted molar refractivity (Wildman–Crippen MR) is 245 cm³/mol. The van der Waals surface area contributed by atoms with Crippen LogP contribution in [0.3, 0.4) is 0 Å². The number of phenolic OH excluding ortho intramolecular Hbond substituents is 4. The molecule has 3 aromatic carbocycles. The Kier molecular flexibility index (Phi) is 17.5. The number of aliphatic hydroxyl groups is 13. The molecule has 17 N–H and O–H groups in total. The topological polar surface area (TPSA) is 453 Å². The van der Waals surface area contributed by atoms with Crippen LogP contribution in [0, 0.1) is 0 Å². The maximum Gasteiger partial charge on any atom is 0.330 e. The second kappa shape index (κ2) is 23.5. The normalized spacial score (nSPS) is 37.6. The molecule has 5 heterocycles. The van der Waals surface area contributed by atoms with Gasteiger partial charge in [-0.25, -0.2) is 4.79 Å². The SMILES string of the molecule is CC1OC(OCC2OC(OC3=Cc4c(O)cc(OC5OC(COC(=O)C=Cc6ccc(O)cc6)C(O)C(O)C5O)cc4OC3c3cc(O)c(O)c(OC4OC(CO)C(O)C(O)C4O)c3)C(O)C(O)C2O)C(O)C(O)C1O. The van der Waals surface area contributed by atoms with Gasteiger partial charge in [0.15, 0.2) is 23.9 Å². The van der Waals surface area contributed by atoms with Crippen molar-refractivity contribution in [3.8, 4) is 40.2 Å². The number of rotatable bonds is 15. The Hall–Kier alpha value is -5.71. The number of phenols is 4. The van der Waals surface area contributed by atoms with Gasteiger partial charge in [-0.1, -0.05) is 12.1 Å². The van der Waals surface area contributed by atoms with Crippen molar-refractivity contribution in [3.63, 3.8) is 0 Å². The van der Waals surface area contributed by atoms with Crippen LogP contribution in [0.15, 0.2) is 60.4 Å². The van der Waals surface area contributed by atoms with E-state index in [0.29, 0.717) is 5.56 Å². The van der Waals surface area contributed by atoms with Crippen LogP contribution in [0.1, 0.15) is 29.7 Å². The van der Waals surface area contributed by atoms with E-state index in [2.05, 4.69) is 0 Å². The van der Waals surface area contributed by atoms with Gasteiger partial charge in [-0.3, -0.25) is 0 Å². The number of hydrogen-bond acceptors (Lipinski definition) is 28. The van der Waals surface area contributed by atoms with Crippen LogP contribution in [-0.4, -0.2) is 235 Å². The summed E-state index contributed by atoms with van der Waals surface area (Å²) < 4.78 is 57.0. The van der Waals surface area contributed by atoms with Gasteiger partial charge >= 0.3 is 5.97 Å². The van der Waals surface area contributed by atoms with E-state index in [4.69, 9.17) is 47.4 Å². The van der Waals surface area contributed by atoms with E-state index in [1.54, 1.807) is 0 Å². The molecule has 0 aliphatic carbocycles. The van der Waals surface area contributed by atoms with E-state index in [-0.39, 0.29) is 28.4 Å². The average molecular weight is 1080 g/mol. The van der Waals surface area contributed by atoms with Gasteiger partial charge in [0.1, 0.15) is 127 Å². The lowest BCUT2D eigenvalue weighted by Gasteiger charge is -2.43. The summed E-state index contributed by atoms with van der Waals surface area (Å²) in [5.74, 6) is -5.15. The lowest BCUT2D eigenvalue weighted by Crippen LogP contribution is -2.61. The van der Waals surface area contributed by atoms with Gasteiger partial charge in [0.05, 0.1) is 24.9 Å². The first-order valence-electron chi connectivity index (χ1n) is 23.5. The number of fused-ring (bicyclic) bond motifs is 1. The Morgan fingerprint density at radius 2 is 1.13 bits per heavy atom. The van der Waals surface area contributed by atoms with Crippen molar-refractivity contribution >= 4 is 18.1 Å². The van der Waals surface area contributed by atoms with Crippen LogP contribution >= 0.6 is 0 Å². The van der Waals surface area contributed by atoms with Crippen molar-refractivity contribution in [3.05, 3.63) is 77.1 Å². The molecule has 0 radical (unpaired) electrons. The molecule has 76 heavy (non-hydrogen) atoms. The number of benzene rings is 3. The first-order valence-corrected chi connectivity index (χ1v) is 23.5. The molecule has 0 amide bonds. The third-order valence-electron chi connectivity index (χ3n) is 13.1. The van der Waals surface area contributed by atoms with Crippen molar-refractivity contribution in [1.29, 1.82) is 0 Å². The Bertz CT molecular complexity index is 2540. The van der Waals surface area contributed by atoms with E-state index in [0.717, 1.165) is 36.4 Å². The summed E-state index contributed by atoms with van der Waals surface area (Å²) in [5.41, 5.74) is 0.113. The standard InChI is InChI=1S/C48H58O28/c1-16-31(54)36(59)40(63)45(69-16)68-15-29-35(58)39(62)43(66)48(76-29)73-26-12-21-22(51)10-20(70-46-41(64)38(61)34(57)28(75-46)14-67-30(53)7-4-17-2-5-19(50)6-3-17)11-24(21)71-44(26)18-8-23(52)32(55)25(9-18)72-47-42(65)37(60)33(56)27(13-49)74-47/h2-12,16,27-29,31,33-52,54-66H,13-15H2,1H3. The Balaban J connectivity index is 1.07. The summed E-state index contributed by atoms with van der Waals surface area (Å²) in [6.07, 6.45) is -33.4. The van der Waals surface area contributed by atoms with Crippen molar-refractivity contribution in [2.24, 2.45) is 0 Å². The minimum absolute atomic E-state index is 0.0000381. The molecule has 0 bridgehead atoms. The summed E-state index contributed by atoms with van der Waals surface area (Å²) in [7, 11) is 0. The molecule has 0 saturated carbocycles. The number of hydrogen-bond donors (Lipinski definition) is 17. The van der Waals surface area contributed by atoms with Crippen LogP contribution in [-0.2, 0) is 38.0 Å². The van der Waals surface area contributed by atoms with Gasteiger partial charge < -0.3 is 134 Å². The van der Waals surface area contributed by atoms with Crippen LogP contribution < -0.4 is 14.2 Å². The summed E-state index contributed by atoms with van der Waals surface area (Å²) in [5, 5.41) is 180. The third kappa shape index (κ3) is 11.9. The minimum Gasteiger partial charge on any atom is -0.508 e. The van der Waals surface area contributed by atoms with Gasteiger partial charge in [0, 0.05) is 23.8 Å². The van der Waals surface area contributed by atoms with E-state index in [9.17, 15) is 91.6 Å². The second-order valence-corrected chi connectivity index (χ2v) is 18.4. The fourth-order valence-electron chi connectivity index (χ4n) is 8.65. The molecule has 418 valence electrons. The monoisotopic (exact) mass is 1080 g/mol. The third-order valence-corrected chi connectivity index (χ3v) is 13.1. The van der Waals surface area contributed by atoms with Gasteiger partial charge in [-0.05, 0) is 48.9 Å². The number of esters is 1. The van der Waals surface area contributed by atoms with Crippen LogP contribution in [0.5, 0.6) is 40.2 Å². The van der Waals surface area contributed by atoms with Crippen molar-refractivity contribution in [2.75, 3.05) is 19.8 Å². The zero-order chi connectivity index (χ0) is 55.0. The zero-order valence-corrected chi connectivity index (χ0v) is 39.7. The second-order valence-electron chi connectivity index (χ2n) is 18.4. The minimum atomic E-state index is -2.07. The largest absolute Gasteiger partial charge is 0.508 e. The Labute approximate surface area is 429 Å². The van der Waals surface area contributed by atoms with E-state index >= 15 is 0 Å². The van der Waals surface area contributed by atoms with Crippen LogP contribution in [0.2, 0.25) is 0 Å². The first-order chi connectivity index (χ1) is 36.0. The molecule has 5 aliphatic rings. The summed E-state index contributed by atoms with van der Waals surface area (Å²) in [4.78, 5) is 12.5. The molecule has 8 rings (SSSR count). The molecule has 28 nitrogen and oxygen atoms in total. The van der Waals surface area contributed by atoms with Gasteiger partial charge in [0.25, 0.3) is 0 Å². The maximum atomic E-state index is 12.5. The number of aliphatic hydroxyl groups excluding tert-OH is 13. The number of ether oxygens (including phenoxy) is 10. The number of carbonyl (C=O) groups excluding carboxylic acids is 1. The van der Waals surface area contributed by atoms with Crippen LogP contribution in [0.25, 0.3) is 12.2 Å². The summed E-state index contributed by atoms with van der Waals surface area (Å²) >= 11 is 0. The smallest absolute Gasteiger partial charge is 0.330 e. The fourth-order valence-corrected chi connectivity index (χ4v) is 8.65. The maximum absolute atomic E-state index is 12.5. The lowest BCUT2D eigenvalue weighted by molar-refractivity contribution is -0.324. The summed E-state index contributed by atoms with van der Waals surface area (Å²) in [6, 6.07) is 9.89. The number of carbonyl (C=O) groups is 1. The molecule has 4 saturated heterocycles. The van der Waals surface area contributed by atoms with Gasteiger partial charge in [-0.2, -0.15) is 0 Å². The molecular formula is C48H58O28. The van der Waals surface area contributed by atoms with E-state index < -0.39 is 183 Å². The van der Waals surface area contributed by atoms with Crippen LogP contribution in [0.4, 0.5) is 0 Å². The first kappa shape index (κ1) is 56.5. The highest BCUT2D eigenvalue weighted by molar-refractivity contribution is 5.87. The highest BCUT2D eigenvalue weighted by atomic mass is 16.7. The summed E-state index contributed by atoms with van der Waals surface area (Å²) in [6.45, 7) is -0.824. The predicted octanol–water partition coefficient (Wildman–Crippen LogP) is -4.73. The lowest BCUT2D eigenvalue weighted by atomic mass is 9.98. The molecule has 21 unspecified atom stereocenters. The van der Waals surface area contributed by atoms with E-state index in [1.807, 2.05) is 0 Å². The molecule has 4 fully saturated rings. The molecule has 28 heteroatoms. The zero-order valence-electron chi connectivity index (χ0n) is 39.7. The average Bonchev–Trinajstić information content (AvgIpc) is 3.40. The van der Waals surface area contributed by atoms with Gasteiger partial charge in [-0.15, -0.1) is 0 Å². The van der Waals surface area contributed by atoms with Crippen molar-refractivity contribution < 1.29 is 139 Å². The molecule has 3 aromatic rings. The quantitative estimate of drug-likeness (QED) is 0.0386. The Morgan fingerprint density at radius 1 is 0.579 bits per heavy atom. The van der Waals surface area contributed by atoms with E-state index in [1.165, 1.54) is 37.3 Å². The van der Waals surface area contributed by atoms with Gasteiger partial charge in [0.2, 0.25) is 24.6 Å². The molecule has 0 aromatic heterocycles. The molecule has 21 atom stereocenters.